The van der Waals surface area contributed by atoms with E-state index in [0.29, 0.717) is 5.69 Å². The molecule has 0 bridgehead atoms. The molecule has 96 valence electrons. The number of nitrogens with one attached hydrogen (secondary N) is 1. The summed E-state index contributed by atoms with van der Waals surface area (Å²) < 4.78 is 4.66. The molecule has 7 heteroatoms. The van der Waals surface area contributed by atoms with Gasteiger partial charge in [0.2, 0.25) is 0 Å². The van der Waals surface area contributed by atoms with Crippen molar-refractivity contribution in [3.05, 3.63) is 27.2 Å². The molecule has 0 saturated heterocycles. The molecular formula is C11H13N3O2S2. The second kappa shape index (κ2) is 5.92. The first-order valence-electron chi connectivity index (χ1n) is 5.37. The molecule has 2 aromatic rings. The van der Waals surface area contributed by atoms with Crippen LogP contribution in [0.15, 0.2) is 10.9 Å². The molecule has 0 aliphatic rings. The molecule has 5 nitrogen and oxygen atoms in total. The predicted molar refractivity (Wildman–Crippen MR) is 72.5 cm³/mol. The lowest BCUT2D eigenvalue weighted by Crippen LogP contribution is -2.06. The van der Waals surface area contributed by atoms with Crippen LogP contribution in [0.1, 0.15) is 21.1 Å². The lowest BCUT2D eigenvalue weighted by atomic mass is 10.3. The third-order valence-electron chi connectivity index (χ3n) is 2.32. The monoisotopic (exact) mass is 283 g/mol. The van der Waals surface area contributed by atoms with E-state index in [1.807, 2.05) is 17.8 Å². The zero-order valence-electron chi connectivity index (χ0n) is 10.1. The SMILES string of the molecule is COC(=O)c1nc(NCCc2cscn2)sc1C. The first-order valence-corrected chi connectivity index (χ1v) is 7.13. The zero-order valence-corrected chi connectivity index (χ0v) is 11.7. The van der Waals surface area contributed by atoms with Gasteiger partial charge in [-0.1, -0.05) is 0 Å². The van der Waals surface area contributed by atoms with Crippen molar-refractivity contribution >= 4 is 33.8 Å². The van der Waals surface area contributed by atoms with Gasteiger partial charge >= 0.3 is 5.97 Å². The fourth-order valence-corrected chi connectivity index (χ4v) is 2.84. The highest BCUT2D eigenvalue weighted by Gasteiger charge is 2.15. The number of anilines is 1. The number of hydrogen-bond donors (Lipinski definition) is 1. The van der Waals surface area contributed by atoms with Gasteiger partial charge in [-0.05, 0) is 6.92 Å². The van der Waals surface area contributed by atoms with Gasteiger partial charge in [0.05, 0.1) is 18.3 Å². The lowest BCUT2D eigenvalue weighted by molar-refractivity contribution is 0.0594. The van der Waals surface area contributed by atoms with Crippen molar-refractivity contribution < 1.29 is 9.53 Å². The molecule has 1 N–H and O–H groups in total. The van der Waals surface area contributed by atoms with Gasteiger partial charge in [-0.15, -0.1) is 22.7 Å². The number of esters is 1. The molecule has 0 spiro atoms. The highest BCUT2D eigenvalue weighted by Crippen LogP contribution is 2.22. The van der Waals surface area contributed by atoms with Crippen LogP contribution in [0, 0.1) is 6.92 Å². The second-order valence-corrected chi connectivity index (χ2v) is 5.49. The average molecular weight is 283 g/mol. The van der Waals surface area contributed by atoms with E-state index < -0.39 is 5.97 Å². The maximum atomic E-state index is 11.4. The van der Waals surface area contributed by atoms with Crippen molar-refractivity contribution in [1.29, 1.82) is 0 Å². The molecular weight excluding hydrogens is 270 g/mol. The van der Waals surface area contributed by atoms with Crippen molar-refractivity contribution in [1.82, 2.24) is 9.97 Å². The first-order chi connectivity index (χ1) is 8.70. The lowest BCUT2D eigenvalue weighted by Gasteiger charge is -1.99. The van der Waals surface area contributed by atoms with E-state index in [-0.39, 0.29) is 0 Å². The zero-order chi connectivity index (χ0) is 13.0. The van der Waals surface area contributed by atoms with Crippen LogP contribution in [-0.2, 0) is 11.2 Å². The number of aromatic nitrogens is 2. The molecule has 0 aromatic carbocycles. The Kier molecular flexibility index (Phi) is 4.27. The van der Waals surface area contributed by atoms with Crippen molar-refractivity contribution in [3.8, 4) is 0 Å². The van der Waals surface area contributed by atoms with Crippen molar-refractivity contribution in [2.75, 3.05) is 19.0 Å². The number of methoxy groups -OCH3 is 1. The standard InChI is InChI=1S/C11H13N3O2S2/c1-7-9(10(15)16-2)14-11(18-7)12-4-3-8-5-17-6-13-8/h5-6H,3-4H2,1-2H3,(H,12,14). The van der Waals surface area contributed by atoms with E-state index in [0.717, 1.165) is 28.7 Å². The summed E-state index contributed by atoms with van der Waals surface area (Å²) in [5.74, 6) is -0.392. The van der Waals surface area contributed by atoms with Crippen LogP contribution in [0.5, 0.6) is 0 Å². The number of ether oxygens (including phenoxy) is 1. The number of rotatable bonds is 5. The number of hydrogen-bond acceptors (Lipinski definition) is 7. The van der Waals surface area contributed by atoms with Crippen LogP contribution in [0.2, 0.25) is 0 Å². The van der Waals surface area contributed by atoms with E-state index in [9.17, 15) is 4.79 Å². The summed E-state index contributed by atoms with van der Waals surface area (Å²) >= 11 is 3.04. The maximum Gasteiger partial charge on any atom is 0.357 e. The van der Waals surface area contributed by atoms with Crippen molar-refractivity contribution in [3.63, 3.8) is 0 Å². The van der Waals surface area contributed by atoms with E-state index in [2.05, 4.69) is 20.0 Å². The van der Waals surface area contributed by atoms with Gasteiger partial charge in [-0.2, -0.15) is 0 Å². The van der Waals surface area contributed by atoms with E-state index in [1.54, 1.807) is 11.3 Å². The first kappa shape index (κ1) is 13.0. The molecule has 0 unspecified atom stereocenters. The Morgan fingerprint density at radius 2 is 2.39 bits per heavy atom. The van der Waals surface area contributed by atoms with Crippen LogP contribution in [0.25, 0.3) is 0 Å². The summed E-state index contributed by atoms with van der Waals surface area (Å²) in [5.41, 5.74) is 3.27. The number of carbonyl (C=O) groups is 1. The molecule has 2 rings (SSSR count). The second-order valence-electron chi connectivity index (χ2n) is 3.57. The molecule has 0 fully saturated rings. The van der Waals surface area contributed by atoms with Gasteiger partial charge in [-0.3, -0.25) is 0 Å². The minimum Gasteiger partial charge on any atom is -0.464 e. The predicted octanol–water partition coefficient (Wildman–Crippen LogP) is 2.35. The van der Waals surface area contributed by atoms with Gasteiger partial charge in [0, 0.05) is 23.2 Å². The molecule has 0 aliphatic carbocycles. The fourth-order valence-electron chi connectivity index (χ4n) is 1.42. The quantitative estimate of drug-likeness (QED) is 0.853. The van der Waals surface area contributed by atoms with Crippen molar-refractivity contribution in [2.45, 2.75) is 13.3 Å². The number of aryl methyl sites for hydroxylation is 1. The average Bonchev–Trinajstić information content (AvgIpc) is 2.98. The van der Waals surface area contributed by atoms with Crippen LogP contribution < -0.4 is 5.32 Å². The van der Waals surface area contributed by atoms with Crippen LogP contribution in [-0.4, -0.2) is 29.6 Å². The Balaban J connectivity index is 1.92. The summed E-state index contributed by atoms with van der Waals surface area (Å²) in [6.45, 7) is 2.60. The third-order valence-corrected chi connectivity index (χ3v) is 3.88. The van der Waals surface area contributed by atoms with Gasteiger partial charge < -0.3 is 10.1 Å². The normalized spacial score (nSPS) is 10.3. The Hall–Kier alpha value is -1.47. The highest BCUT2D eigenvalue weighted by molar-refractivity contribution is 7.15. The Morgan fingerprint density at radius 1 is 1.56 bits per heavy atom. The molecule has 0 radical (unpaired) electrons. The summed E-state index contributed by atoms with van der Waals surface area (Å²) in [6, 6.07) is 0. The van der Waals surface area contributed by atoms with Crippen LogP contribution in [0.3, 0.4) is 0 Å². The Labute approximate surface area is 113 Å². The summed E-state index contributed by atoms with van der Waals surface area (Å²) in [4.78, 5) is 20.7. The number of nitrogens with zero attached hydrogens (tertiary/aromatic N) is 2. The van der Waals surface area contributed by atoms with Crippen LogP contribution in [0.4, 0.5) is 5.13 Å². The van der Waals surface area contributed by atoms with E-state index in [4.69, 9.17) is 0 Å². The number of carbonyl (C=O) groups excluding carboxylic acids is 1. The van der Waals surface area contributed by atoms with Gasteiger partial charge in [0.25, 0.3) is 0 Å². The third kappa shape index (κ3) is 3.05. The topological polar surface area (TPSA) is 64.1 Å². The van der Waals surface area contributed by atoms with E-state index >= 15 is 0 Å². The minimum atomic E-state index is -0.392. The summed E-state index contributed by atoms with van der Waals surface area (Å²) in [5, 5.41) is 5.95. The summed E-state index contributed by atoms with van der Waals surface area (Å²) in [6.07, 6.45) is 0.843. The molecule has 2 aromatic heterocycles. The fraction of sp³-hybridized carbons (Fsp3) is 0.364. The van der Waals surface area contributed by atoms with Gasteiger partial charge in [0.15, 0.2) is 10.8 Å². The smallest absolute Gasteiger partial charge is 0.357 e. The molecule has 0 saturated carbocycles. The molecule has 0 amide bonds. The molecule has 0 aliphatic heterocycles. The van der Waals surface area contributed by atoms with Gasteiger partial charge in [-0.25, -0.2) is 14.8 Å². The molecule has 18 heavy (non-hydrogen) atoms. The molecule has 0 atom stereocenters. The minimum absolute atomic E-state index is 0.388. The summed E-state index contributed by atoms with van der Waals surface area (Å²) in [7, 11) is 1.36. The Bertz CT molecular complexity index is 522. The van der Waals surface area contributed by atoms with Gasteiger partial charge in [0.1, 0.15) is 0 Å². The number of thiazole rings is 2. The largest absolute Gasteiger partial charge is 0.464 e. The maximum absolute atomic E-state index is 11.4. The van der Waals surface area contributed by atoms with Crippen LogP contribution >= 0.6 is 22.7 Å². The Morgan fingerprint density at radius 3 is 3.06 bits per heavy atom. The highest BCUT2D eigenvalue weighted by atomic mass is 32.1. The van der Waals surface area contributed by atoms with Crippen molar-refractivity contribution in [2.24, 2.45) is 0 Å². The van der Waals surface area contributed by atoms with E-state index in [1.165, 1.54) is 18.4 Å². The molecule has 2 heterocycles.